The summed E-state index contributed by atoms with van der Waals surface area (Å²) in [5.74, 6) is -0.0224. The van der Waals surface area contributed by atoms with Gasteiger partial charge in [0, 0.05) is 31.9 Å². The number of amides is 2. The summed E-state index contributed by atoms with van der Waals surface area (Å²) in [6.07, 6.45) is -0.285. The van der Waals surface area contributed by atoms with Crippen LogP contribution in [0.3, 0.4) is 0 Å². The van der Waals surface area contributed by atoms with Crippen LogP contribution in [0, 0.1) is 20.8 Å². The molecule has 6 nitrogen and oxygen atoms in total. The van der Waals surface area contributed by atoms with Gasteiger partial charge in [-0.25, -0.2) is 4.79 Å². The summed E-state index contributed by atoms with van der Waals surface area (Å²) in [6.45, 7) is 14.5. The molecule has 144 valence electrons. The first-order valence-electron chi connectivity index (χ1n) is 9.13. The molecule has 0 bridgehead atoms. The molecule has 0 atom stereocenters. The number of nitrogens with one attached hydrogen (secondary N) is 1. The first kappa shape index (κ1) is 20.2. The van der Waals surface area contributed by atoms with Gasteiger partial charge in [0.15, 0.2) is 0 Å². The molecule has 1 aliphatic heterocycles. The molecule has 0 saturated carbocycles. The zero-order valence-corrected chi connectivity index (χ0v) is 16.8. The van der Waals surface area contributed by atoms with Crippen LogP contribution in [0.4, 0.5) is 10.5 Å². The molecule has 0 aliphatic carbocycles. The number of hydrogen-bond acceptors (Lipinski definition) is 4. The third-order valence-electron chi connectivity index (χ3n) is 4.33. The lowest BCUT2D eigenvalue weighted by Crippen LogP contribution is -2.51. The molecule has 0 radical (unpaired) electrons. The van der Waals surface area contributed by atoms with Gasteiger partial charge in [-0.1, -0.05) is 17.7 Å². The average molecular weight is 361 g/mol. The van der Waals surface area contributed by atoms with E-state index in [1.54, 1.807) is 4.90 Å². The Morgan fingerprint density at radius 2 is 1.58 bits per heavy atom. The Morgan fingerprint density at radius 3 is 2.08 bits per heavy atom. The largest absolute Gasteiger partial charge is 0.444 e. The second-order valence-corrected chi connectivity index (χ2v) is 8.07. The molecule has 1 aromatic carbocycles. The Kier molecular flexibility index (Phi) is 6.29. The van der Waals surface area contributed by atoms with Crippen LogP contribution in [-0.4, -0.2) is 60.1 Å². The van der Waals surface area contributed by atoms with E-state index >= 15 is 0 Å². The third kappa shape index (κ3) is 5.73. The van der Waals surface area contributed by atoms with Gasteiger partial charge in [-0.3, -0.25) is 9.69 Å². The van der Waals surface area contributed by atoms with Crippen molar-refractivity contribution >= 4 is 17.7 Å². The van der Waals surface area contributed by atoms with Crippen molar-refractivity contribution in [2.75, 3.05) is 38.0 Å². The van der Waals surface area contributed by atoms with Gasteiger partial charge in [-0.05, 0) is 52.7 Å². The normalized spacial score (nSPS) is 15.7. The van der Waals surface area contributed by atoms with Crippen molar-refractivity contribution in [2.45, 2.75) is 47.1 Å². The van der Waals surface area contributed by atoms with Crippen molar-refractivity contribution in [2.24, 2.45) is 0 Å². The highest BCUT2D eigenvalue weighted by molar-refractivity contribution is 5.93. The van der Waals surface area contributed by atoms with Crippen LogP contribution in [0.25, 0.3) is 0 Å². The molecule has 6 heteroatoms. The van der Waals surface area contributed by atoms with E-state index in [-0.39, 0.29) is 12.0 Å². The molecule has 26 heavy (non-hydrogen) atoms. The Bertz CT molecular complexity index is 648. The maximum absolute atomic E-state index is 12.4. The third-order valence-corrected chi connectivity index (χ3v) is 4.33. The summed E-state index contributed by atoms with van der Waals surface area (Å²) in [7, 11) is 0. The van der Waals surface area contributed by atoms with E-state index in [4.69, 9.17) is 4.74 Å². The summed E-state index contributed by atoms with van der Waals surface area (Å²) >= 11 is 0. The molecular weight excluding hydrogens is 330 g/mol. The van der Waals surface area contributed by atoms with Crippen LogP contribution in [0.1, 0.15) is 37.5 Å². The van der Waals surface area contributed by atoms with E-state index in [0.717, 1.165) is 16.8 Å². The zero-order chi connectivity index (χ0) is 19.5. The summed E-state index contributed by atoms with van der Waals surface area (Å²) in [4.78, 5) is 28.3. The van der Waals surface area contributed by atoms with Crippen LogP contribution in [-0.2, 0) is 9.53 Å². The van der Waals surface area contributed by atoms with E-state index in [9.17, 15) is 9.59 Å². The highest BCUT2D eigenvalue weighted by Gasteiger charge is 2.26. The highest BCUT2D eigenvalue weighted by Crippen LogP contribution is 2.22. The van der Waals surface area contributed by atoms with Gasteiger partial charge < -0.3 is 15.0 Å². The SMILES string of the molecule is Cc1cc(C)c(NC(=O)CN2CCN(C(=O)OC(C)(C)C)CC2)c(C)c1. The Hall–Kier alpha value is -2.08. The number of carbonyl (C=O) groups excluding carboxylic acids is 2. The number of nitrogens with zero attached hydrogens (tertiary/aromatic N) is 2. The molecule has 1 N–H and O–H groups in total. The predicted octanol–water partition coefficient (Wildman–Crippen LogP) is 3.10. The lowest BCUT2D eigenvalue weighted by Gasteiger charge is -2.35. The van der Waals surface area contributed by atoms with Gasteiger partial charge in [-0.15, -0.1) is 0 Å². The van der Waals surface area contributed by atoms with Crippen molar-refractivity contribution in [3.63, 3.8) is 0 Å². The van der Waals surface area contributed by atoms with E-state index < -0.39 is 5.60 Å². The quantitative estimate of drug-likeness (QED) is 0.899. The molecule has 2 amide bonds. The second kappa shape index (κ2) is 8.08. The molecule has 1 fully saturated rings. The van der Waals surface area contributed by atoms with Crippen molar-refractivity contribution in [1.82, 2.24) is 9.80 Å². The first-order chi connectivity index (χ1) is 12.0. The smallest absolute Gasteiger partial charge is 0.410 e. The Balaban J connectivity index is 1.84. The van der Waals surface area contributed by atoms with Crippen molar-refractivity contribution in [3.8, 4) is 0 Å². The van der Waals surface area contributed by atoms with Gasteiger partial charge in [0.05, 0.1) is 6.54 Å². The minimum atomic E-state index is -0.488. The minimum Gasteiger partial charge on any atom is -0.444 e. The number of benzene rings is 1. The van der Waals surface area contributed by atoms with Gasteiger partial charge in [0.25, 0.3) is 0 Å². The molecule has 0 spiro atoms. The van der Waals surface area contributed by atoms with E-state index in [2.05, 4.69) is 29.3 Å². The van der Waals surface area contributed by atoms with Gasteiger partial charge >= 0.3 is 6.09 Å². The van der Waals surface area contributed by atoms with Crippen LogP contribution in [0.2, 0.25) is 0 Å². The first-order valence-corrected chi connectivity index (χ1v) is 9.13. The fourth-order valence-corrected chi connectivity index (χ4v) is 3.17. The molecule has 1 aromatic rings. The van der Waals surface area contributed by atoms with Crippen LogP contribution >= 0.6 is 0 Å². The van der Waals surface area contributed by atoms with E-state index in [1.807, 2.05) is 34.6 Å². The number of ether oxygens (including phenoxy) is 1. The molecular formula is C20H31N3O3. The van der Waals surface area contributed by atoms with Crippen molar-refractivity contribution in [3.05, 3.63) is 28.8 Å². The van der Waals surface area contributed by atoms with Crippen LogP contribution in [0.15, 0.2) is 12.1 Å². The number of piperazine rings is 1. The molecule has 0 aromatic heterocycles. The topological polar surface area (TPSA) is 61.9 Å². The van der Waals surface area contributed by atoms with Crippen molar-refractivity contribution < 1.29 is 14.3 Å². The number of aryl methyl sites for hydroxylation is 3. The molecule has 1 heterocycles. The predicted molar refractivity (Wildman–Crippen MR) is 104 cm³/mol. The monoisotopic (exact) mass is 361 g/mol. The second-order valence-electron chi connectivity index (χ2n) is 8.07. The number of hydrogen-bond donors (Lipinski definition) is 1. The summed E-state index contributed by atoms with van der Waals surface area (Å²) < 4.78 is 5.40. The van der Waals surface area contributed by atoms with Crippen molar-refractivity contribution in [1.29, 1.82) is 0 Å². The number of anilines is 1. The summed E-state index contributed by atoms with van der Waals surface area (Å²) in [5, 5.41) is 3.03. The standard InChI is InChI=1S/C20H31N3O3/c1-14-11-15(2)18(16(3)12-14)21-17(24)13-22-7-9-23(10-8-22)19(25)26-20(4,5)6/h11-12H,7-10,13H2,1-6H3,(H,21,24). The Labute approximate surface area is 156 Å². The minimum absolute atomic E-state index is 0.0224. The van der Waals surface area contributed by atoms with E-state index in [1.165, 1.54) is 5.56 Å². The number of rotatable bonds is 3. The van der Waals surface area contributed by atoms with E-state index in [0.29, 0.717) is 32.7 Å². The summed E-state index contributed by atoms with van der Waals surface area (Å²) in [6, 6.07) is 4.14. The molecule has 0 unspecified atom stereocenters. The molecule has 1 saturated heterocycles. The Morgan fingerprint density at radius 1 is 1.04 bits per heavy atom. The lowest BCUT2D eigenvalue weighted by atomic mass is 10.1. The van der Waals surface area contributed by atoms with Gasteiger partial charge in [0.2, 0.25) is 5.91 Å². The zero-order valence-electron chi connectivity index (χ0n) is 16.8. The average Bonchev–Trinajstić information content (AvgIpc) is 2.50. The maximum atomic E-state index is 12.4. The highest BCUT2D eigenvalue weighted by atomic mass is 16.6. The van der Waals surface area contributed by atoms with Crippen LogP contribution < -0.4 is 5.32 Å². The maximum Gasteiger partial charge on any atom is 0.410 e. The fraction of sp³-hybridized carbons (Fsp3) is 0.600. The number of carbonyl (C=O) groups is 2. The lowest BCUT2D eigenvalue weighted by molar-refractivity contribution is -0.117. The molecule has 2 rings (SSSR count). The van der Waals surface area contributed by atoms with Gasteiger partial charge in [-0.2, -0.15) is 0 Å². The van der Waals surface area contributed by atoms with Gasteiger partial charge in [0.1, 0.15) is 5.60 Å². The molecule has 1 aliphatic rings. The fourth-order valence-electron chi connectivity index (χ4n) is 3.17. The van der Waals surface area contributed by atoms with Crippen LogP contribution in [0.5, 0.6) is 0 Å². The summed E-state index contributed by atoms with van der Waals surface area (Å²) in [5.41, 5.74) is 3.75.